The van der Waals surface area contributed by atoms with E-state index in [0.717, 1.165) is 36.3 Å². The van der Waals surface area contributed by atoms with Gasteiger partial charge < -0.3 is 14.8 Å². The second-order valence-corrected chi connectivity index (χ2v) is 5.26. The summed E-state index contributed by atoms with van der Waals surface area (Å²) in [4.78, 5) is 11.8. The third kappa shape index (κ3) is 3.13. The first-order valence-corrected chi connectivity index (χ1v) is 7.13. The van der Waals surface area contributed by atoms with Gasteiger partial charge in [-0.05, 0) is 42.9 Å². The lowest BCUT2D eigenvalue weighted by molar-refractivity contribution is -0.121. The van der Waals surface area contributed by atoms with Crippen LogP contribution in [0.2, 0.25) is 0 Å². The lowest BCUT2D eigenvalue weighted by atomic mass is 10.0. The van der Waals surface area contributed by atoms with Gasteiger partial charge in [-0.25, -0.2) is 0 Å². The molecule has 106 valence electrons. The molecule has 0 saturated heterocycles. The number of amides is 1. The first-order chi connectivity index (χ1) is 9.81. The maximum atomic E-state index is 11.8. The lowest BCUT2D eigenvalue weighted by Gasteiger charge is -2.09. The van der Waals surface area contributed by atoms with Crippen LogP contribution in [-0.4, -0.2) is 19.2 Å². The van der Waals surface area contributed by atoms with Crippen LogP contribution < -0.4 is 14.8 Å². The Balaban J connectivity index is 1.43. The summed E-state index contributed by atoms with van der Waals surface area (Å²) in [6, 6.07) is 5.91. The maximum Gasteiger partial charge on any atom is 0.231 e. The van der Waals surface area contributed by atoms with E-state index in [0.29, 0.717) is 25.7 Å². The molecule has 2 aliphatic rings. The Hall–Kier alpha value is -1.97. The minimum absolute atomic E-state index is 0.141. The second kappa shape index (κ2) is 5.99. The molecule has 1 aliphatic carbocycles. The number of nitrogens with one attached hydrogen (secondary N) is 1. The molecular formula is C16H19NO3. The average molecular weight is 273 g/mol. The lowest BCUT2D eigenvalue weighted by Crippen LogP contribution is -2.26. The molecule has 1 atom stereocenters. The number of rotatable bonds is 5. The summed E-state index contributed by atoms with van der Waals surface area (Å²) < 4.78 is 10.6. The van der Waals surface area contributed by atoms with Gasteiger partial charge in [-0.15, -0.1) is 0 Å². The van der Waals surface area contributed by atoms with Crippen molar-refractivity contribution in [1.29, 1.82) is 0 Å². The Bertz CT molecular complexity index is 524. The molecule has 0 saturated carbocycles. The van der Waals surface area contributed by atoms with Crippen molar-refractivity contribution >= 4 is 5.91 Å². The van der Waals surface area contributed by atoms with Gasteiger partial charge in [0.15, 0.2) is 11.5 Å². The monoisotopic (exact) mass is 273 g/mol. The van der Waals surface area contributed by atoms with Gasteiger partial charge >= 0.3 is 0 Å². The van der Waals surface area contributed by atoms with E-state index in [1.165, 1.54) is 0 Å². The summed E-state index contributed by atoms with van der Waals surface area (Å²) >= 11 is 0. The zero-order valence-corrected chi connectivity index (χ0v) is 11.4. The highest BCUT2D eigenvalue weighted by Gasteiger charge is 2.14. The fourth-order valence-corrected chi connectivity index (χ4v) is 2.62. The van der Waals surface area contributed by atoms with Crippen LogP contribution in [0.3, 0.4) is 0 Å². The van der Waals surface area contributed by atoms with Crippen LogP contribution >= 0.6 is 0 Å². The molecular weight excluding hydrogens is 254 g/mol. The SMILES string of the molecule is O=C(CC1C=CCC1)NCCc1ccc2c(c1)OCO2. The van der Waals surface area contributed by atoms with E-state index in [4.69, 9.17) is 9.47 Å². The Morgan fingerprint density at radius 1 is 1.30 bits per heavy atom. The molecule has 0 spiro atoms. The molecule has 4 nitrogen and oxygen atoms in total. The van der Waals surface area contributed by atoms with Crippen molar-refractivity contribution in [3.05, 3.63) is 35.9 Å². The number of ether oxygens (including phenoxy) is 2. The van der Waals surface area contributed by atoms with E-state index in [1.807, 2.05) is 18.2 Å². The topological polar surface area (TPSA) is 47.6 Å². The smallest absolute Gasteiger partial charge is 0.231 e. The maximum absolute atomic E-state index is 11.8. The van der Waals surface area contributed by atoms with Crippen molar-refractivity contribution in [2.45, 2.75) is 25.7 Å². The van der Waals surface area contributed by atoms with Crippen LogP contribution in [0, 0.1) is 5.92 Å². The fraction of sp³-hybridized carbons (Fsp3) is 0.438. The fourth-order valence-electron chi connectivity index (χ4n) is 2.62. The molecule has 1 heterocycles. The summed E-state index contributed by atoms with van der Waals surface area (Å²) in [6.45, 7) is 0.958. The van der Waals surface area contributed by atoms with Gasteiger partial charge in [-0.2, -0.15) is 0 Å². The Labute approximate surface area is 118 Å². The normalized spacial score (nSPS) is 19.3. The molecule has 0 aromatic heterocycles. The van der Waals surface area contributed by atoms with E-state index in [-0.39, 0.29) is 5.91 Å². The molecule has 20 heavy (non-hydrogen) atoms. The van der Waals surface area contributed by atoms with Crippen LogP contribution in [0.4, 0.5) is 0 Å². The number of carbonyl (C=O) groups is 1. The quantitative estimate of drug-likeness (QED) is 0.838. The number of allylic oxidation sites excluding steroid dienone is 2. The molecule has 1 amide bonds. The Morgan fingerprint density at radius 3 is 3.05 bits per heavy atom. The van der Waals surface area contributed by atoms with Crippen LogP contribution in [0.5, 0.6) is 11.5 Å². The van der Waals surface area contributed by atoms with Crippen molar-refractivity contribution in [2.75, 3.05) is 13.3 Å². The Morgan fingerprint density at radius 2 is 2.20 bits per heavy atom. The molecule has 1 N–H and O–H groups in total. The number of carbonyl (C=O) groups excluding carboxylic acids is 1. The summed E-state index contributed by atoms with van der Waals surface area (Å²) in [5.41, 5.74) is 1.15. The number of benzene rings is 1. The Kier molecular flexibility index (Phi) is 3.90. The van der Waals surface area contributed by atoms with Gasteiger partial charge in [0.25, 0.3) is 0 Å². The average Bonchev–Trinajstić information content (AvgIpc) is 3.09. The van der Waals surface area contributed by atoms with E-state index < -0.39 is 0 Å². The van der Waals surface area contributed by atoms with E-state index in [2.05, 4.69) is 17.5 Å². The largest absolute Gasteiger partial charge is 0.454 e. The van der Waals surface area contributed by atoms with E-state index >= 15 is 0 Å². The number of fused-ring (bicyclic) bond motifs is 1. The van der Waals surface area contributed by atoms with E-state index in [9.17, 15) is 4.79 Å². The minimum Gasteiger partial charge on any atom is -0.454 e. The second-order valence-electron chi connectivity index (χ2n) is 5.26. The molecule has 1 aromatic carbocycles. The molecule has 1 aliphatic heterocycles. The van der Waals surface area contributed by atoms with Crippen molar-refractivity contribution < 1.29 is 14.3 Å². The van der Waals surface area contributed by atoms with Gasteiger partial charge in [0, 0.05) is 13.0 Å². The highest BCUT2D eigenvalue weighted by Crippen LogP contribution is 2.32. The summed E-state index contributed by atoms with van der Waals surface area (Å²) in [6.07, 6.45) is 7.94. The highest BCUT2D eigenvalue weighted by atomic mass is 16.7. The summed E-state index contributed by atoms with van der Waals surface area (Å²) in [5.74, 6) is 2.17. The first-order valence-electron chi connectivity index (χ1n) is 7.13. The number of hydrogen-bond acceptors (Lipinski definition) is 3. The summed E-state index contributed by atoms with van der Waals surface area (Å²) in [5, 5.41) is 2.98. The van der Waals surface area contributed by atoms with Crippen molar-refractivity contribution in [3.63, 3.8) is 0 Å². The zero-order valence-electron chi connectivity index (χ0n) is 11.4. The molecule has 3 rings (SSSR count). The third-order valence-electron chi connectivity index (χ3n) is 3.73. The minimum atomic E-state index is 0.141. The highest BCUT2D eigenvalue weighted by molar-refractivity contribution is 5.76. The molecule has 0 fully saturated rings. The predicted molar refractivity (Wildman–Crippen MR) is 75.8 cm³/mol. The van der Waals surface area contributed by atoms with Gasteiger partial charge in [0.2, 0.25) is 12.7 Å². The van der Waals surface area contributed by atoms with Gasteiger partial charge in [-0.3, -0.25) is 4.79 Å². The summed E-state index contributed by atoms with van der Waals surface area (Å²) in [7, 11) is 0. The molecule has 1 aromatic rings. The number of hydrogen-bond donors (Lipinski definition) is 1. The molecule has 0 bridgehead atoms. The van der Waals surface area contributed by atoms with Gasteiger partial charge in [0.1, 0.15) is 0 Å². The standard InChI is InChI=1S/C16H19NO3/c18-16(10-12-3-1-2-4-12)17-8-7-13-5-6-14-15(9-13)20-11-19-14/h1,3,5-6,9,12H,2,4,7-8,10-11H2,(H,17,18). The first kappa shape index (κ1) is 13.0. The van der Waals surface area contributed by atoms with Gasteiger partial charge in [-0.1, -0.05) is 18.2 Å². The van der Waals surface area contributed by atoms with Crippen molar-refractivity contribution in [2.24, 2.45) is 5.92 Å². The molecule has 1 unspecified atom stereocenters. The molecule has 4 heteroatoms. The molecule has 0 radical (unpaired) electrons. The van der Waals surface area contributed by atoms with Crippen LogP contribution in [-0.2, 0) is 11.2 Å². The third-order valence-corrected chi connectivity index (χ3v) is 3.73. The van der Waals surface area contributed by atoms with Gasteiger partial charge in [0.05, 0.1) is 0 Å². The predicted octanol–water partition coefficient (Wildman–Crippen LogP) is 2.43. The van der Waals surface area contributed by atoms with Crippen molar-refractivity contribution in [3.8, 4) is 11.5 Å². The van der Waals surface area contributed by atoms with Crippen LogP contribution in [0.1, 0.15) is 24.8 Å². The van der Waals surface area contributed by atoms with E-state index in [1.54, 1.807) is 0 Å². The van der Waals surface area contributed by atoms with Crippen LogP contribution in [0.15, 0.2) is 30.4 Å². The van der Waals surface area contributed by atoms with Crippen molar-refractivity contribution in [1.82, 2.24) is 5.32 Å². The zero-order chi connectivity index (χ0) is 13.8. The van der Waals surface area contributed by atoms with Crippen LogP contribution in [0.25, 0.3) is 0 Å².